The maximum atomic E-state index is 10.9. The molecule has 4 nitrogen and oxygen atoms in total. The second kappa shape index (κ2) is 5.07. The molecule has 0 radical (unpaired) electrons. The number of rotatable bonds is 4. The maximum Gasteiger partial charge on any atom is 0.252 e. The van der Waals surface area contributed by atoms with Gasteiger partial charge < -0.3 is 10.3 Å². The standard InChI is InChI=1S/C10H13N3O/c1-3-5-8(4-2)13-9-6-10(14)12-7-11-9/h2,6-8H,3,5H2,1H3,(H2,11,12,13,14). The summed E-state index contributed by atoms with van der Waals surface area (Å²) in [5.74, 6) is 3.13. The normalized spacial score (nSPS) is 11.7. The Morgan fingerprint density at radius 3 is 3.14 bits per heavy atom. The molecule has 0 bridgehead atoms. The summed E-state index contributed by atoms with van der Waals surface area (Å²) in [7, 11) is 0. The SMILES string of the molecule is C#CC(CCC)Nc1cc(=O)[nH]cn1. The molecule has 0 spiro atoms. The minimum absolute atomic E-state index is 0.0608. The molecule has 0 aliphatic heterocycles. The van der Waals surface area contributed by atoms with Crippen molar-refractivity contribution < 1.29 is 0 Å². The van der Waals surface area contributed by atoms with Crippen LogP contribution in [0.4, 0.5) is 5.82 Å². The van der Waals surface area contributed by atoms with Crippen molar-refractivity contribution in [3.8, 4) is 12.3 Å². The summed E-state index contributed by atoms with van der Waals surface area (Å²) in [6.45, 7) is 2.05. The lowest BCUT2D eigenvalue weighted by atomic mass is 10.2. The molecule has 0 aromatic carbocycles. The molecule has 14 heavy (non-hydrogen) atoms. The Morgan fingerprint density at radius 1 is 1.79 bits per heavy atom. The number of nitrogens with one attached hydrogen (secondary N) is 2. The molecule has 2 N–H and O–H groups in total. The lowest BCUT2D eigenvalue weighted by Gasteiger charge is -2.11. The van der Waals surface area contributed by atoms with Gasteiger partial charge in [0.25, 0.3) is 5.56 Å². The van der Waals surface area contributed by atoms with Gasteiger partial charge >= 0.3 is 0 Å². The highest BCUT2D eigenvalue weighted by Crippen LogP contribution is 2.03. The van der Waals surface area contributed by atoms with Crippen LogP contribution < -0.4 is 10.9 Å². The van der Waals surface area contributed by atoms with Gasteiger partial charge in [0, 0.05) is 6.07 Å². The highest BCUT2D eigenvalue weighted by Gasteiger charge is 2.03. The lowest BCUT2D eigenvalue weighted by molar-refractivity contribution is 0.751. The third-order valence-electron chi connectivity index (χ3n) is 1.78. The minimum atomic E-state index is -0.185. The van der Waals surface area contributed by atoms with E-state index in [0.717, 1.165) is 12.8 Å². The molecule has 4 heteroatoms. The summed E-state index contributed by atoms with van der Waals surface area (Å²) in [5.41, 5.74) is -0.185. The average Bonchev–Trinajstić information content (AvgIpc) is 2.17. The molecule has 1 atom stereocenters. The molecule has 1 unspecified atom stereocenters. The van der Waals surface area contributed by atoms with Gasteiger partial charge in [0.2, 0.25) is 0 Å². The first-order chi connectivity index (χ1) is 6.76. The van der Waals surface area contributed by atoms with E-state index in [1.807, 2.05) is 0 Å². The first-order valence-electron chi connectivity index (χ1n) is 4.53. The number of hydrogen-bond acceptors (Lipinski definition) is 3. The molecule has 0 fully saturated rings. The lowest BCUT2D eigenvalue weighted by Crippen LogP contribution is -2.19. The van der Waals surface area contributed by atoms with Gasteiger partial charge in [-0.05, 0) is 6.42 Å². The predicted molar refractivity (Wildman–Crippen MR) is 56.0 cm³/mol. The zero-order valence-electron chi connectivity index (χ0n) is 8.08. The Morgan fingerprint density at radius 2 is 2.57 bits per heavy atom. The van der Waals surface area contributed by atoms with Gasteiger partial charge in [-0.3, -0.25) is 4.79 Å². The zero-order valence-corrected chi connectivity index (χ0v) is 8.08. The topological polar surface area (TPSA) is 57.8 Å². The second-order valence-corrected chi connectivity index (χ2v) is 2.95. The molecular weight excluding hydrogens is 178 g/mol. The molecule has 0 aliphatic carbocycles. The van der Waals surface area contributed by atoms with Crippen molar-refractivity contribution in [1.82, 2.24) is 9.97 Å². The van der Waals surface area contributed by atoms with E-state index >= 15 is 0 Å². The van der Waals surface area contributed by atoms with Crippen molar-refractivity contribution in [3.05, 3.63) is 22.7 Å². The number of aromatic amines is 1. The number of nitrogens with zero attached hydrogens (tertiary/aromatic N) is 1. The first kappa shape index (κ1) is 10.3. The Kier molecular flexibility index (Phi) is 3.74. The Hall–Kier alpha value is -1.76. The van der Waals surface area contributed by atoms with Crippen LogP contribution in [-0.4, -0.2) is 16.0 Å². The fourth-order valence-corrected chi connectivity index (χ4v) is 1.11. The van der Waals surface area contributed by atoms with Gasteiger partial charge in [0.1, 0.15) is 5.82 Å². The third-order valence-corrected chi connectivity index (χ3v) is 1.78. The fraction of sp³-hybridized carbons (Fsp3) is 0.400. The van der Waals surface area contributed by atoms with Gasteiger partial charge in [-0.1, -0.05) is 19.3 Å². The van der Waals surface area contributed by atoms with Crippen molar-refractivity contribution in [2.75, 3.05) is 5.32 Å². The number of aromatic nitrogens is 2. The van der Waals surface area contributed by atoms with Crippen LogP contribution in [0.25, 0.3) is 0 Å². The van der Waals surface area contributed by atoms with Crippen LogP contribution in [0.3, 0.4) is 0 Å². The van der Waals surface area contributed by atoms with Gasteiger partial charge in [-0.15, -0.1) is 6.42 Å². The van der Waals surface area contributed by atoms with Crippen LogP contribution >= 0.6 is 0 Å². The van der Waals surface area contributed by atoms with Crippen LogP contribution in [0.5, 0.6) is 0 Å². The number of hydrogen-bond donors (Lipinski definition) is 2. The van der Waals surface area contributed by atoms with E-state index in [-0.39, 0.29) is 11.6 Å². The van der Waals surface area contributed by atoms with Crippen LogP contribution in [-0.2, 0) is 0 Å². The van der Waals surface area contributed by atoms with Crippen molar-refractivity contribution in [2.45, 2.75) is 25.8 Å². The molecule has 1 heterocycles. The third kappa shape index (κ3) is 2.94. The highest BCUT2D eigenvalue weighted by atomic mass is 16.1. The second-order valence-electron chi connectivity index (χ2n) is 2.95. The highest BCUT2D eigenvalue weighted by molar-refractivity contribution is 5.35. The van der Waals surface area contributed by atoms with E-state index in [1.165, 1.54) is 12.4 Å². The maximum absolute atomic E-state index is 10.9. The van der Waals surface area contributed by atoms with E-state index in [4.69, 9.17) is 6.42 Å². The molecular formula is C10H13N3O. The van der Waals surface area contributed by atoms with Gasteiger partial charge in [-0.2, -0.15) is 0 Å². The number of anilines is 1. The molecule has 0 aliphatic rings. The molecule has 1 aromatic rings. The van der Waals surface area contributed by atoms with E-state index < -0.39 is 0 Å². The van der Waals surface area contributed by atoms with Crippen molar-refractivity contribution >= 4 is 5.82 Å². The zero-order chi connectivity index (χ0) is 10.4. The number of H-pyrrole nitrogens is 1. The molecule has 0 saturated carbocycles. The van der Waals surface area contributed by atoms with Crippen LogP contribution in [0.2, 0.25) is 0 Å². The largest absolute Gasteiger partial charge is 0.356 e. The van der Waals surface area contributed by atoms with E-state index in [0.29, 0.717) is 5.82 Å². The minimum Gasteiger partial charge on any atom is -0.356 e. The Labute approximate surface area is 82.8 Å². The number of terminal acetylenes is 1. The van der Waals surface area contributed by atoms with Gasteiger partial charge in [0.05, 0.1) is 12.4 Å². The summed E-state index contributed by atoms with van der Waals surface area (Å²) in [5, 5.41) is 3.00. The Balaban J connectivity index is 2.68. The summed E-state index contributed by atoms with van der Waals surface area (Å²) in [6.07, 6.45) is 8.53. The summed E-state index contributed by atoms with van der Waals surface area (Å²) < 4.78 is 0. The summed E-state index contributed by atoms with van der Waals surface area (Å²) >= 11 is 0. The first-order valence-corrected chi connectivity index (χ1v) is 4.53. The molecule has 0 amide bonds. The predicted octanol–water partition coefficient (Wildman–Crippen LogP) is 0.984. The van der Waals surface area contributed by atoms with Crippen LogP contribution in [0.1, 0.15) is 19.8 Å². The molecule has 74 valence electrons. The van der Waals surface area contributed by atoms with E-state index in [9.17, 15) is 4.79 Å². The smallest absolute Gasteiger partial charge is 0.252 e. The summed E-state index contributed by atoms with van der Waals surface area (Å²) in [6, 6.07) is 1.33. The summed E-state index contributed by atoms with van der Waals surface area (Å²) in [4.78, 5) is 17.3. The van der Waals surface area contributed by atoms with Crippen molar-refractivity contribution in [2.24, 2.45) is 0 Å². The van der Waals surface area contributed by atoms with E-state index in [1.54, 1.807) is 0 Å². The van der Waals surface area contributed by atoms with Crippen LogP contribution in [0.15, 0.2) is 17.2 Å². The van der Waals surface area contributed by atoms with Crippen molar-refractivity contribution in [1.29, 1.82) is 0 Å². The molecule has 1 aromatic heterocycles. The molecule has 0 saturated heterocycles. The quantitative estimate of drug-likeness (QED) is 0.697. The van der Waals surface area contributed by atoms with Crippen molar-refractivity contribution in [3.63, 3.8) is 0 Å². The van der Waals surface area contributed by atoms with Gasteiger partial charge in [0.15, 0.2) is 0 Å². The van der Waals surface area contributed by atoms with Gasteiger partial charge in [-0.25, -0.2) is 4.98 Å². The fourth-order valence-electron chi connectivity index (χ4n) is 1.11. The molecule has 1 rings (SSSR count). The monoisotopic (exact) mass is 191 g/mol. The average molecular weight is 191 g/mol. The Bertz CT molecular complexity index is 377. The van der Waals surface area contributed by atoms with Crippen LogP contribution in [0, 0.1) is 12.3 Å². The van der Waals surface area contributed by atoms with E-state index in [2.05, 4.69) is 28.1 Å².